The number of rotatable bonds is 2. The Bertz CT molecular complexity index is 267. The maximum atomic E-state index is 12.1. The van der Waals surface area contributed by atoms with E-state index in [1.54, 1.807) is 6.92 Å². The molecule has 0 aliphatic heterocycles. The van der Waals surface area contributed by atoms with E-state index in [1.807, 2.05) is 0 Å². The second-order valence-electron chi connectivity index (χ2n) is 2.12. The number of halogens is 2. The van der Waals surface area contributed by atoms with Crippen molar-refractivity contribution in [2.75, 3.05) is 0 Å². The summed E-state index contributed by atoms with van der Waals surface area (Å²) in [5.74, 6) is 0.125. The standard InChI is InChI=1S/C6H7F2N3/c1-4(2)5-10-9-3-11(5)6(7)8/h3,6H,1H2,2H3. The maximum Gasteiger partial charge on any atom is 0.321 e. The van der Waals surface area contributed by atoms with Gasteiger partial charge in [-0.3, -0.25) is 4.57 Å². The lowest BCUT2D eigenvalue weighted by atomic mass is 10.3. The van der Waals surface area contributed by atoms with Crippen molar-refractivity contribution >= 4 is 5.57 Å². The van der Waals surface area contributed by atoms with Crippen molar-refractivity contribution in [3.63, 3.8) is 0 Å². The Balaban J connectivity index is 3.06. The predicted octanol–water partition coefficient (Wildman–Crippen LogP) is 1.71. The summed E-state index contributed by atoms with van der Waals surface area (Å²) in [6.45, 7) is 2.48. The molecule has 0 atom stereocenters. The molecular weight excluding hydrogens is 152 g/mol. The van der Waals surface area contributed by atoms with Crippen LogP contribution in [0.15, 0.2) is 12.9 Å². The third-order valence-electron chi connectivity index (χ3n) is 1.17. The van der Waals surface area contributed by atoms with Crippen LogP contribution in [-0.2, 0) is 0 Å². The molecule has 0 saturated heterocycles. The van der Waals surface area contributed by atoms with E-state index in [0.717, 1.165) is 6.33 Å². The molecule has 0 aliphatic carbocycles. The first-order valence-electron chi connectivity index (χ1n) is 2.96. The van der Waals surface area contributed by atoms with Gasteiger partial charge in [0.2, 0.25) is 0 Å². The van der Waals surface area contributed by atoms with Crippen LogP contribution in [0.4, 0.5) is 8.78 Å². The van der Waals surface area contributed by atoms with Gasteiger partial charge < -0.3 is 0 Å². The van der Waals surface area contributed by atoms with Gasteiger partial charge in [-0.1, -0.05) is 6.58 Å². The van der Waals surface area contributed by atoms with Gasteiger partial charge in [-0.05, 0) is 12.5 Å². The Kier molecular flexibility index (Phi) is 1.98. The second kappa shape index (κ2) is 2.77. The topological polar surface area (TPSA) is 30.7 Å². The average molecular weight is 159 g/mol. The van der Waals surface area contributed by atoms with Crippen LogP contribution in [0.3, 0.4) is 0 Å². The van der Waals surface area contributed by atoms with Crippen LogP contribution >= 0.6 is 0 Å². The largest absolute Gasteiger partial charge is 0.321 e. The van der Waals surface area contributed by atoms with Gasteiger partial charge in [0.05, 0.1) is 0 Å². The molecule has 0 aliphatic rings. The van der Waals surface area contributed by atoms with Crippen LogP contribution < -0.4 is 0 Å². The summed E-state index contributed by atoms with van der Waals surface area (Å²) in [6, 6.07) is 0. The SMILES string of the molecule is C=C(C)c1nncn1C(F)F. The fourth-order valence-corrected chi connectivity index (χ4v) is 0.691. The molecule has 0 fully saturated rings. The van der Waals surface area contributed by atoms with Crippen molar-refractivity contribution in [1.29, 1.82) is 0 Å². The van der Waals surface area contributed by atoms with Crippen molar-refractivity contribution in [2.45, 2.75) is 13.5 Å². The molecule has 60 valence electrons. The molecule has 0 saturated carbocycles. The number of allylic oxidation sites excluding steroid dienone is 1. The first-order valence-corrected chi connectivity index (χ1v) is 2.96. The van der Waals surface area contributed by atoms with Crippen molar-refractivity contribution < 1.29 is 8.78 Å². The highest BCUT2D eigenvalue weighted by Gasteiger charge is 2.11. The van der Waals surface area contributed by atoms with Crippen molar-refractivity contribution in [3.05, 3.63) is 18.7 Å². The van der Waals surface area contributed by atoms with Crippen molar-refractivity contribution in [1.82, 2.24) is 14.8 Å². The van der Waals surface area contributed by atoms with Gasteiger partial charge >= 0.3 is 6.55 Å². The fraction of sp³-hybridized carbons (Fsp3) is 0.333. The zero-order valence-corrected chi connectivity index (χ0v) is 5.96. The van der Waals surface area contributed by atoms with Crippen LogP contribution in [-0.4, -0.2) is 14.8 Å². The summed E-state index contributed by atoms with van der Waals surface area (Å²) in [4.78, 5) is 0. The van der Waals surface area contributed by atoms with E-state index in [4.69, 9.17) is 0 Å². The molecule has 1 aromatic heterocycles. The monoisotopic (exact) mass is 159 g/mol. The van der Waals surface area contributed by atoms with Gasteiger partial charge in [0.25, 0.3) is 0 Å². The minimum Gasteiger partial charge on any atom is -0.255 e. The van der Waals surface area contributed by atoms with Gasteiger partial charge in [-0.25, -0.2) is 0 Å². The number of nitrogens with zero attached hydrogens (tertiary/aromatic N) is 3. The summed E-state index contributed by atoms with van der Waals surface area (Å²) in [5, 5.41) is 6.81. The zero-order valence-electron chi connectivity index (χ0n) is 5.96. The molecule has 0 radical (unpaired) electrons. The Hall–Kier alpha value is -1.26. The lowest BCUT2D eigenvalue weighted by Crippen LogP contribution is -2.00. The van der Waals surface area contributed by atoms with E-state index >= 15 is 0 Å². The normalized spacial score (nSPS) is 10.5. The van der Waals surface area contributed by atoms with Gasteiger partial charge in [-0.15, -0.1) is 10.2 Å². The Morgan fingerprint density at radius 1 is 1.73 bits per heavy atom. The van der Waals surface area contributed by atoms with Gasteiger partial charge in [0.1, 0.15) is 6.33 Å². The zero-order chi connectivity index (χ0) is 8.43. The second-order valence-corrected chi connectivity index (χ2v) is 2.12. The Morgan fingerprint density at radius 3 is 2.73 bits per heavy atom. The van der Waals surface area contributed by atoms with E-state index in [-0.39, 0.29) is 5.82 Å². The van der Waals surface area contributed by atoms with Crippen molar-refractivity contribution in [3.8, 4) is 0 Å². The van der Waals surface area contributed by atoms with Gasteiger partial charge in [0, 0.05) is 0 Å². The molecule has 3 nitrogen and oxygen atoms in total. The number of hydrogen-bond acceptors (Lipinski definition) is 2. The van der Waals surface area contributed by atoms with E-state index in [0.29, 0.717) is 10.1 Å². The molecule has 0 bridgehead atoms. The Labute approximate surface area is 62.4 Å². The van der Waals surface area contributed by atoms with E-state index in [2.05, 4.69) is 16.8 Å². The van der Waals surface area contributed by atoms with E-state index < -0.39 is 6.55 Å². The molecule has 0 N–H and O–H groups in total. The van der Waals surface area contributed by atoms with Gasteiger partial charge in [0.15, 0.2) is 5.82 Å². The summed E-state index contributed by atoms with van der Waals surface area (Å²) in [5.41, 5.74) is 0.475. The summed E-state index contributed by atoms with van der Waals surface area (Å²) in [6.07, 6.45) is 0.981. The third-order valence-corrected chi connectivity index (χ3v) is 1.17. The summed E-state index contributed by atoms with van der Waals surface area (Å²) < 4.78 is 24.8. The average Bonchev–Trinajstić information content (AvgIpc) is 2.32. The van der Waals surface area contributed by atoms with Crippen LogP contribution in [0.5, 0.6) is 0 Å². The molecule has 0 unspecified atom stereocenters. The van der Waals surface area contributed by atoms with Crippen molar-refractivity contribution in [2.24, 2.45) is 0 Å². The number of alkyl halides is 2. The quantitative estimate of drug-likeness (QED) is 0.657. The minimum absolute atomic E-state index is 0.125. The lowest BCUT2D eigenvalue weighted by molar-refractivity contribution is 0.0689. The fourth-order valence-electron chi connectivity index (χ4n) is 0.691. The number of aromatic nitrogens is 3. The van der Waals surface area contributed by atoms with Gasteiger partial charge in [-0.2, -0.15) is 8.78 Å². The third kappa shape index (κ3) is 1.42. The van der Waals surface area contributed by atoms with E-state index in [1.165, 1.54) is 0 Å². The minimum atomic E-state index is -2.60. The molecule has 1 aromatic rings. The highest BCUT2D eigenvalue weighted by Crippen LogP contribution is 2.15. The molecular formula is C6H7F2N3. The summed E-state index contributed by atoms with van der Waals surface area (Å²) >= 11 is 0. The van der Waals surface area contributed by atoms with Crippen LogP contribution in [0, 0.1) is 0 Å². The molecule has 5 heteroatoms. The first kappa shape index (κ1) is 7.84. The highest BCUT2D eigenvalue weighted by atomic mass is 19.3. The highest BCUT2D eigenvalue weighted by molar-refractivity contribution is 5.54. The Morgan fingerprint density at radius 2 is 2.36 bits per heavy atom. The maximum absolute atomic E-state index is 12.1. The van der Waals surface area contributed by atoms with Crippen LogP contribution in [0.2, 0.25) is 0 Å². The van der Waals surface area contributed by atoms with Crippen LogP contribution in [0.25, 0.3) is 5.57 Å². The molecule has 0 spiro atoms. The predicted molar refractivity (Wildman–Crippen MR) is 36.0 cm³/mol. The molecule has 11 heavy (non-hydrogen) atoms. The van der Waals surface area contributed by atoms with Crippen LogP contribution in [0.1, 0.15) is 19.3 Å². The smallest absolute Gasteiger partial charge is 0.255 e. The summed E-state index contributed by atoms with van der Waals surface area (Å²) in [7, 11) is 0. The van der Waals surface area contributed by atoms with E-state index in [9.17, 15) is 8.78 Å². The molecule has 0 aromatic carbocycles. The molecule has 0 amide bonds. The number of hydrogen-bond donors (Lipinski definition) is 0. The first-order chi connectivity index (χ1) is 5.13. The lowest BCUT2D eigenvalue weighted by Gasteiger charge is -2.02. The molecule has 1 rings (SSSR count). The molecule has 1 heterocycles.